The molecule has 4 rings (SSSR count). The number of hydrogen-bond acceptors (Lipinski definition) is 5. The number of amides is 1. The molecule has 0 bridgehead atoms. The minimum absolute atomic E-state index is 0.0520. The Bertz CT molecular complexity index is 806. The van der Waals surface area contributed by atoms with Crippen molar-refractivity contribution in [3.8, 4) is 0 Å². The van der Waals surface area contributed by atoms with Crippen molar-refractivity contribution in [1.82, 2.24) is 24.7 Å². The van der Waals surface area contributed by atoms with Gasteiger partial charge >= 0.3 is 6.18 Å². The van der Waals surface area contributed by atoms with Crippen LogP contribution in [0.3, 0.4) is 0 Å². The molecule has 0 spiro atoms. The number of carbonyl (C=O) groups excluding carboxylic acids is 1. The third kappa shape index (κ3) is 3.08. The first kappa shape index (κ1) is 17.0. The summed E-state index contributed by atoms with van der Waals surface area (Å²) in [6.45, 7) is 2.20. The van der Waals surface area contributed by atoms with E-state index in [-0.39, 0.29) is 17.5 Å². The van der Waals surface area contributed by atoms with Crippen LogP contribution in [0.25, 0.3) is 5.65 Å². The average molecular weight is 368 g/mol. The molecule has 3 heterocycles. The van der Waals surface area contributed by atoms with Crippen molar-refractivity contribution in [1.29, 1.82) is 0 Å². The Hall–Kier alpha value is -2.39. The number of piperazine rings is 1. The Labute approximate surface area is 147 Å². The molecule has 7 nitrogen and oxygen atoms in total. The largest absolute Gasteiger partial charge is 0.453 e. The number of hydrogen-bond donors (Lipinski definition) is 0. The molecular formula is C16H19F3N6O. The van der Waals surface area contributed by atoms with Crippen molar-refractivity contribution in [2.24, 2.45) is 5.92 Å². The predicted molar refractivity (Wildman–Crippen MR) is 86.5 cm³/mol. The average Bonchev–Trinajstić information content (AvgIpc) is 3.30. The molecule has 2 aromatic rings. The van der Waals surface area contributed by atoms with Gasteiger partial charge in [0.1, 0.15) is 5.82 Å². The van der Waals surface area contributed by atoms with Gasteiger partial charge in [-0.3, -0.25) is 4.79 Å². The Kier molecular flexibility index (Phi) is 4.20. The molecule has 0 N–H and O–H groups in total. The molecular weight excluding hydrogens is 349 g/mol. The summed E-state index contributed by atoms with van der Waals surface area (Å²) in [5, 5.41) is 10.8. The van der Waals surface area contributed by atoms with Gasteiger partial charge < -0.3 is 9.80 Å². The van der Waals surface area contributed by atoms with Gasteiger partial charge in [0.25, 0.3) is 5.82 Å². The fraction of sp³-hybridized carbons (Fsp3) is 0.625. The maximum atomic E-state index is 13.0. The van der Waals surface area contributed by atoms with Crippen molar-refractivity contribution in [3.63, 3.8) is 0 Å². The zero-order valence-electron chi connectivity index (χ0n) is 14.1. The minimum Gasteiger partial charge on any atom is -0.352 e. The Morgan fingerprint density at radius 1 is 1.04 bits per heavy atom. The highest BCUT2D eigenvalue weighted by Crippen LogP contribution is 2.29. The van der Waals surface area contributed by atoms with Gasteiger partial charge in [-0.2, -0.15) is 17.7 Å². The Balaban J connectivity index is 1.48. The van der Waals surface area contributed by atoms with Gasteiger partial charge in [-0.05, 0) is 25.0 Å². The van der Waals surface area contributed by atoms with E-state index < -0.39 is 12.0 Å². The molecule has 1 aliphatic carbocycles. The van der Waals surface area contributed by atoms with E-state index in [1.54, 1.807) is 6.07 Å². The molecule has 0 unspecified atom stereocenters. The fourth-order valence-corrected chi connectivity index (χ4v) is 3.71. The lowest BCUT2D eigenvalue weighted by Gasteiger charge is -2.36. The van der Waals surface area contributed by atoms with Crippen molar-refractivity contribution in [2.45, 2.75) is 31.9 Å². The van der Waals surface area contributed by atoms with Crippen LogP contribution in [0.1, 0.15) is 31.5 Å². The summed E-state index contributed by atoms with van der Waals surface area (Å²) >= 11 is 0. The zero-order valence-corrected chi connectivity index (χ0v) is 14.1. The van der Waals surface area contributed by atoms with Crippen LogP contribution >= 0.6 is 0 Å². The lowest BCUT2D eigenvalue weighted by atomic mass is 10.1. The van der Waals surface area contributed by atoms with Gasteiger partial charge in [0.15, 0.2) is 5.65 Å². The number of halogens is 3. The molecule has 0 radical (unpaired) electrons. The molecule has 0 aromatic carbocycles. The predicted octanol–water partition coefficient (Wildman–Crippen LogP) is 1.98. The standard InChI is InChI=1S/C16H19F3N6O/c17-16(18,19)15-21-20-12-5-6-13(22-25(12)15)23-7-9-24(10-8-23)14(26)11-3-1-2-4-11/h5-6,11H,1-4,7-10H2. The summed E-state index contributed by atoms with van der Waals surface area (Å²) in [6, 6.07) is 3.11. The lowest BCUT2D eigenvalue weighted by Crippen LogP contribution is -2.50. The Morgan fingerprint density at radius 2 is 1.73 bits per heavy atom. The zero-order chi connectivity index (χ0) is 18.3. The number of alkyl halides is 3. The second-order valence-corrected chi connectivity index (χ2v) is 6.78. The van der Waals surface area contributed by atoms with Crippen molar-refractivity contribution in [2.75, 3.05) is 31.1 Å². The Morgan fingerprint density at radius 3 is 2.38 bits per heavy atom. The molecule has 140 valence electrons. The molecule has 1 amide bonds. The third-order valence-corrected chi connectivity index (χ3v) is 5.12. The third-order valence-electron chi connectivity index (χ3n) is 5.12. The molecule has 1 aliphatic heterocycles. The maximum Gasteiger partial charge on any atom is 0.453 e. The SMILES string of the molecule is O=C(C1CCCC1)N1CCN(c2ccc3nnc(C(F)(F)F)n3n2)CC1. The van der Waals surface area contributed by atoms with Crippen molar-refractivity contribution >= 4 is 17.4 Å². The van der Waals surface area contributed by atoms with Crippen LogP contribution in [0.4, 0.5) is 19.0 Å². The first-order valence-corrected chi connectivity index (χ1v) is 8.77. The second kappa shape index (κ2) is 6.40. The van der Waals surface area contributed by atoms with Gasteiger partial charge in [-0.25, -0.2) is 0 Å². The van der Waals surface area contributed by atoms with E-state index in [4.69, 9.17) is 0 Å². The normalized spacial score (nSPS) is 19.5. The molecule has 2 aliphatic rings. The summed E-state index contributed by atoms with van der Waals surface area (Å²) < 4.78 is 39.7. The van der Waals surface area contributed by atoms with E-state index in [1.165, 1.54) is 6.07 Å². The highest BCUT2D eigenvalue weighted by atomic mass is 19.4. The quantitative estimate of drug-likeness (QED) is 0.811. The number of carbonyl (C=O) groups is 1. The summed E-state index contributed by atoms with van der Waals surface area (Å²) in [7, 11) is 0. The lowest BCUT2D eigenvalue weighted by molar-refractivity contribution is -0.146. The van der Waals surface area contributed by atoms with Crippen LogP contribution in [0.5, 0.6) is 0 Å². The summed E-state index contributed by atoms with van der Waals surface area (Å²) in [4.78, 5) is 16.2. The topological polar surface area (TPSA) is 66.6 Å². The summed E-state index contributed by atoms with van der Waals surface area (Å²) in [5.41, 5.74) is 0.0520. The van der Waals surface area contributed by atoms with E-state index in [1.807, 2.05) is 9.80 Å². The highest BCUT2D eigenvalue weighted by Gasteiger charge is 2.38. The smallest absolute Gasteiger partial charge is 0.352 e. The summed E-state index contributed by atoms with van der Waals surface area (Å²) in [6.07, 6.45) is -0.463. The van der Waals surface area contributed by atoms with Gasteiger partial charge in [-0.15, -0.1) is 15.3 Å². The van der Waals surface area contributed by atoms with Crippen molar-refractivity contribution in [3.05, 3.63) is 18.0 Å². The van der Waals surface area contributed by atoms with Crippen molar-refractivity contribution < 1.29 is 18.0 Å². The first-order chi connectivity index (χ1) is 12.4. The van der Waals surface area contributed by atoms with Crippen LogP contribution in [0.15, 0.2) is 12.1 Å². The molecule has 1 saturated carbocycles. The second-order valence-electron chi connectivity index (χ2n) is 6.78. The number of nitrogens with zero attached hydrogens (tertiary/aromatic N) is 6. The molecule has 2 aromatic heterocycles. The van der Waals surface area contributed by atoms with Gasteiger partial charge in [0.2, 0.25) is 5.91 Å². The van der Waals surface area contributed by atoms with E-state index in [0.29, 0.717) is 32.0 Å². The molecule has 1 saturated heterocycles. The van der Waals surface area contributed by atoms with Crippen LogP contribution < -0.4 is 4.90 Å². The van der Waals surface area contributed by atoms with E-state index >= 15 is 0 Å². The molecule has 26 heavy (non-hydrogen) atoms. The summed E-state index contributed by atoms with van der Waals surface area (Å²) in [5.74, 6) is -0.355. The monoisotopic (exact) mass is 368 g/mol. The number of fused-ring (bicyclic) bond motifs is 1. The van der Waals surface area contributed by atoms with E-state index in [0.717, 1.165) is 30.2 Å². The van der Waals surface area contributed by atoms with Crippen LogP contribution in [-0.2, 0) is 11.0 Å². The van der Waals surface area contributed by atoms with Crippen LogP contribution in [0, 0.1) is 5.92 Å². The highest BCUT2D eigenvalue weighted by molar-refractivity contribution is 5.79. The van der Waals surface area contributed by atoms with Crippen LogP contribution in [-0.4, -0.2) is 56.8 Å². The first-order valence-electron chi connectivity index (χ1n) is 8.77. The number of anilines is 1. The van der Waals surface area contributed by atoms with Crippen LogP contribution in [0.2, 0.25) is 0 Å². The molecule has 0 atom stereocenters. The van der Waals surface area contributed by atoms with Gasteiger partial charge in [0.05, 0.1) is 0 Å². The minimum atomic E-state index is -4.61. The number of aromatic nitrogens is 4. The number of rotatable bonds is 2. The van der Waals surface area contributed by atoms with Gasteiger partial charge in [0, 0.05) is 32.1 Å². The molecule has 10 heteroatoms. The maximum absolute atomic E-state index is 13.0. The van der Waals surface area contributed by atoms with E-state index in [2.05, 4.69) is 15.3 Å². The van der Waals surface area contributed by atoms with Gasteiger partial charge in [-0.1, -0.05) is 12.8 Å². The fourth-order valence-electron chi connectivity index (χ4n) is 3.71. The van der Waals surface area contributed by atoms with E-state index in [9.17, 15) is 18.0 Å². The molecule has 2 fully saturated rings.